The Bertz CT molecular complexity index is 695. The number of rotatable bonds is 5. The van der Waals surface area contributed by atoms with Crippen LogP contribution >= 0.6 is 0 Å². The Morgan fingerprint density at radius 1 is 1.22 bits per heavy atom. The van der Waals surface area contributed by atoms with Gasteiger partial charge in [0, 0.05) is 12.6 Å². The monoisotopic (exact) mass is 382 g/mol. The predicted octanol–water partition coefficient (Wildman–Crippen LogP) is -1.25. The summed E-state index contributed by atoms with van der Waals surface area (Å²) in [6, 6.07) is 4.64. The molecule has 11 nitrogen and oxygen atoms in total. The third kappa shape index (κ3) is 5.29. The average Bonchev–Trinajstić information content (AvgIpc) is 2.65. The summed E-state index contributed by atoms with van der Waals surface area (Å²) in [5.41, 5.74) is 2.64. The molecule has 0 aromatic heterocycles. The highest BCUT2D eigenvalue weighted by molar-refractivity contribution is 5.92. The summed E-state index contributed by atoms with van der Waals surface area (Å²) in [6.07, 6.45) is -4.08. The number of methoxy groups -OCH3 is 1. The van der Waals surface area contributed by atoms with Gasteiger partial charge in [-0.1, -0.05) is 0 Å². The third-order valence-electron chi connectivity index (χ3n) is 3.76. The van der Waals surface area contributed by atoms with Crippen LogP contribution in [0.1, 0.15) is 6.92 Å². The van der Waals surface area contributed by atoms with E-state index in [1.54, 1.807) is 24.3 Å². The molecule has 27 heavy (non-hydrogen) atoms. The number of amides is 3. The van der Waals surface area contributed by atoms with Crippen LogP contribution in [-0.4, -0.2) is 71.2 Å². The van der Waals surface area contributed by atoms with Crippen molar-refractivity contribution in [2.45, 2.75) is 31.3 Å². The highest BCUT2D eigenvalue weighted by atomic mass is 16.5. The number of nitrogens with zero attached hydrogens (tertiary/aromatic N) is 1. The van der Waals surface area contributed by atoms with Crippen LogP contribution in [0.5, 0.6) is 5.75 Å². The van der Waals surface area contributed by atoms with E-state index in [0.29, 0.717) is 11.4 Å². The maximum Gasteiger partial charge on any atom is 0.339 e. The molecule has 1 aromatic carbocycles. The fourth-order valence-electron chi connectivity index (χ4n) is 2.41. The van der Waals surface area contributed by atoms with Gasteiger partial charge >= 0.3 is 6.03 Å². The van der Waals surface area contributed by atoms with Gasteiger partial charge in [-0.15, -0.1) is 5.10 Å². The van der Waals surface area contributed by atoms with E-state index < -0.39 is 42.9 Å². The molecule has 1 fully saturated rings. The molecular weight excluding hydrogens is 360 g/mol. The molecule has 2 rings (SSSR count). The van der Waals surface area contributed by atoms with Crippen molar-refractivity contribution in [1.29, 1.82) is 0 Å². The number of urea groups is 1. The number of nitrogens with one attached hydrogen (secondary N) is 3. The van der Waals surface area contributed by atoms with E-state index in [1.807, 2.05) is 0 Å². The van der Waals surface area contributed by atoms with Crippen molar-refractivity contribution in [1.82, 2.24) is 10.7 Å². The van der Waals surface area contributed by atoms with Gasteiger partial charge < -0.3 is 35.4 Å². The number of hydrogen-bond acceptors (Lipinski definition) is 8. The lowest BCUT2D eigenvalue weighted by molar-refractivity contribution is -0.125. The maximum absolute atomic E-state index is 12.0. The summed E-state index contributed by atoms with van der Waals surface area (Å²) in [4.78, 5) is 23.3. The Morgan fingerprint density at radius 3 is 2.44 bits per heavy atom. The molecule has 1 aliphatic heterocycles. The number of aliphatic hydroxyl groups excluding tert-OH is 3. The van der Waals surface area contributed by atoms with Crippen molar-refractivity contribution in [3.05, 3.63) is 24.3 Å². The van der Waals surface area contributed by atoms with E-state index in [-0.39, 0.29) is 5.90 Å². The molecule has 148 valence electrons. The second-order valence-electron chi connectivity index (χ2n) is 5.74. The number of ether oxygens (including phenoxy) is 2. The fourth-order valence-corrected chi connectivity index (χ4v) is 2.41. The Kier molecular flexibility index (Phi) is 6.93. The van der Waals surface area contributed by atoms with Crippen LogP contribution in [0.15, 0.2) is 29.4 Å². The first kappa shape index (κ1) is 20.4. The first-order chi connectivity index (χ1) is 12.8. The molecule has 0 aliphatic carbocycles. The Labute approximate surface area is 155 Å². The lowest BCUT2D eigenvalue weighted by Crippen LogP contribution is -2.62. The van der Waals surface area contributed by atoms with E-state index in [1.165, 1.54) is 14.0 Å². The minimum atomic E-state index is -1.48. The molecule has 3 amide bonds. The lowest BCUT2D eigenvalue weighted by atomic mass is 9.97. The molecule has 1 heterocycles. The SMILES string of the molecule is COc1ccc(NC(=O)N/N=C2\O[C@H](CO)[C@@H](O)[C@H](O)[C@H]2NC(C)=O)cc1. The van der Waals surface area contributed by atoms with Gasteiger partial charge in [0.2, 0.25) is 11.8 Å². The minimum Gasteiger partial charge on any atom is -0.497 e. The number of carbonyl (C=O) groups is 2. The Hall–Kier alpha value is -2.89. The quantitative estimate of drug-likeness (QED) is 0.347. The number of carbonyl (C=O) groups excluding carboxylic acids is 2. The zero-order valence-corrected chi connectivity index (χ0v) is 14.7. The largest absolute Gasteiger partial charge is 0.497 e. The van der Waals surface area contributed by atoms with E-state index in [4.69, 9.17) is 9.47 Å². The molecule has 1 aliphatic rings. The number of benzene rings is 1. The second-order valence-corrected chi connectivity index (χ2v) is 5.74. The molecule has 1 aromatic rings. The normalized spacial score (nSPS) is 26.0. The van der Waals surface area contributed by atoms with Gasteiger partial charge in [-0.2, -0.15) is 0 Å². The molecule has 0 unspecified atom stereocenters. The van der Waals surface area contributed by atoms with Crippen molar-refractivity contribution in [3.63, 3.8) is 0 Å². The lowest BCUT2D eigenvalue weighted by Gasteiger charge is -2.37. The fraction of sp³-hybridized carbons (Fsp3) is 0.438. The molecule has 0 saturated carbocycles. The molecule has 6 N–H and O–H groups in total. The van der Waals surface area contributed by atoms with Crippen LogP contribution < -0.4 is 20.8 Å². The van der Waals surface area contributed by atoms with Crippen LogP contribution in [-0.2, 0) is 9.53 Å². The first-order valence-electron chi connectivity index (χ1n) is 8.05. The standard InChI is InChI=1S/C16H22N4O7/c1-8(22)17-12-14(24)13(23)11(7-21)27-15(12)19-20-16(25)18-9-3-5-10(26-2)6-4-9/h3-6,11-14,21,23-24H,7H2,1-2H3,(H,17,22)(H2,18,20,25)/b19-15-/t11-,12-,13-,14-/m1/s1. The third-order valence-corrected chi connectivity index (χ3v) is 3.76. The highest BCUT2D eigenvalue weighted by Crippen LogP contribution is 2.18. The zero-order valence-electron chi connectivity index (χ0n) is 14.7. The van der Waals surface area contributed by atoms with Crippen LogP contribution in [0.3, 0.4) is 0 Å². The van der Waals surface area contributed by atoms with Crippen LogP contribution in [0.25, 0.3) is 0 Å². The van der Waals surface area contributed by atoms with Gasteiger partial charge in [0.25, 0.3) is 0 Å². The molecule has 0 radical (unpaired) electrons. The van der Waals surface area contributed by atoms with E-state index in [9.17, 15) is 24.9 Å². The topological polar surface area (TPSA) is 162 Å². The van der Waals surface area contributed by atoms with Gasteiger partial charge in [0.15, 0.2) is 6.10 Å². The van der Waals surface area contributed by atoms with E-state index in [2.05, 4.69) is 21.2 Å². The van der Waals surface area contributed by atoms with Crippen molar-refractivity contribution in [3.8, 4) is 5.75 Å². The summed E-state index contributed by atoms with van der Waals surface area (Å²) in [5, 5.41) is 37.9. The molecule has 4 atom stereocenters. The molecule has 0 spiro atoms. The van der Waals surface area contributed by atoms with E-state index >= 15 is 0 Å². The Morgan fingerprint density at radius 2 is 1.89 bits per heavy atom. The van der Waals surface area contributed by atoms with Crippen LogP contribution in [0.4, 0.5) is 10.5 Å². The maximum atomic E-state index is 12.0. The summed E-state index contributed by atoms with van der Waals surface area (Å²) in [6.45, 7) is 0.612. The van der Waals surface area contributed by atoms with Gasteiger partial charge in [-0.05, 0) is 24.3 Å². The summed E-state index contributed by atoms with van der Waals surface area (Å²) in [7, 11) is 1.52. The van der Waals surface area contributed by atoms with Crippen LogP contribution in [0, 0.1) is 0 Å². The Balaban J connectivity index is 2.07. The van der Waals surface area contributed by atoms with Crippen molar-refractivity contribution >= 4 is 23.5 Å². The second kappa shape index (κ2) is 9.16. The first-order valence-corrected chi connectivity index (χ1v) is 8.05. The van der Waals surface area contributed by atoms with Gasteiger partial charge in [-0.3, -0.25) is 4.79 Å². The predicted molar refractivity (Wildman–Crippen MR) is 94.2 cm³/mol. The highest BCUT2D eigenvalue weighted by Gasteiger charge is 2.43. The van der Waals surface area contributed by atoms with Gasteiger partial charge in [-0.25, -0.2) is 10.2 Å². The summed E-state index contributed by atoms with van der Waals surface area (Å²) in [5.74, 6) is -0.142. The molecular formula is C16H22N4O7. The zero-order chi connectivity index (χ0) is 20.0. The van der Waals surface area contributed by atoms with Crippen molar-refractivity contribution in [2.24, 2.45) is 5.10 Å². The molecule has 0 bridgehead atoms. The number of hydrazone groups is 1. The number of anilines is 1. The summed E-state index contributed by atoms with van der Waals surface area (Å²) >= 11 is 0. The molecule has 1 saturated heterocycles. The smallest absolute Gasteiger partial charge is 0.339 e. The summed E-state index contributed by atoms with van der Waals surface area (Å²) < 4.78 is 10.3. The van der Waals surface area contributed by atoms with Gasteiger partial charge in [0.05, 0.1) is 13.7 Å². The van der Waals surface area contributed by atoms with Crippen molar-refractivity contribution < 1.29 is 34.4 Å². The van der Waals surface area contributed by atoms with Crippen LogP contribution in [0.2, 0.25) is 0 Å². The van der Waals surface area contributed by atoms with Gasteiger partial charge in [0.1, 0.15) is 24.0 Å². The number of aliphatic hydroxyl groups is 3. The average molecular weight is 382 g/mol. The van der Waals surface area contributed by atoms with E-state index in [0.717, 1.165) is 0 Å². The van der Waals surface area contributed by atoms with Crippen molar-refractivity contribution in [2.75, 3.05) is 19.0 Å². The number of hydrogen-bond donors (Lipinski definition) is 6. The minimum absolute atomic E-state index is 0.257. The molecule has 11 heteroatoms.